The minimum atomic E-state index is 0.301. The van der Waals surface area contributed by atoms with E-state index in [4.69, 9.17) is 5.11 Å². The fraction of sp³-hybridized carbons (Fsp3) is 1.00. The molecule has 0 aromatic carbocycles. The number of hydrogen-bond acceptors (Lipinski definition) is 3. The van der Waals surface area contributed by atoms with Crippen molar-refractivity contribution in [3.63, 3.8) is 0 Å². The Morgan fingerprint density at radius 3 is 2.67 bits per heavy atom. The van der Waals surface area contributed by atoms with Crippen LogP contribution in [0.1, 0.15) is 26.7 Å². The summed E-state index contributed by atoms with van der Waals surface area (Å²) in [5.41, 5.74) is 0. The van der Waals surface area contributed by atoms with E-state index in [0.717, 1.165) is 18.1 Å². The van der Waals surface area contributed by atoms with Crippen LogP contribution >= 0.6 is 11.8 Å². The molecule has 2 nitrogen and oxygen atoms in total. The van der Waals surface area contributed by atoms with Crippen LogP contribution in [0, 0.1) is 0 Å². The molecule has 0 radical (unpaired) electrons. The maximum atomic E-state index is 8.60. The number of thioether (sulfide) groups is 1. The Balaban J connectivity index is 3.34. The molecule has 1 unspecified atom stereocenters. The molecule has 0 aromatic rings. The highest BCUT2D eigenvalue weighted by Crippen LogP contribution is 2.06. The molecule has 0 heterocycles. The normalized spacial score (nSPS) is 13.2. The van der Waals surface area contributed by atoms with E-state index < -0.39 is 0 Å². The summed E-state index contributed by atoms with van der Waals surface area (Å²) in [7, 11) is 0. The van der Waals surface area contributed by atoms with Gasteiger partial charge < -0.3 is 10.4 Å². The molecule has 2 N–H and O–H groups in total. The molecule has 12 heavy (non-hydrogen) atoms. The van der Waals surface area contributed by atoms with E-state index in [9.17, 15) is 0 Å². The molecular weight excluding hydrogens is 170 g/mol. The van der Waals surface area contributed by atoms with Crippen molar-refractivity contribution in [2.75, 3.05) is 24.7 Å². The summed E-state index contributed by atoms with van der Waals surface area (Å²) in [4.78, 5) is 0. The highest BCUT2D eigenvalue weighted by atomic mass is 32.2. The Morgan fingerprint density at radius 1 is 1.42 bits per heavy atom. The summed E-state index contributed by atoms with van der Waals surface area (Å²) in [6.07, 6.45) is 2.48. The van der Waals surface area contributed by atoms with E-state index in [1.165, 1.54) is 12.8 Å². The van der Waals surface area contributed by atoms with Crippen LogP contribution in [0.25, 0.3) is 0 Å². The van der Waals surface area contributed by atoms with E-state index in [2.05, 4.69) is 19.2 Å². The average Bonchev–Trinajstić information content (AvgIpc) is 2.06. The standard InChI is InChI=1S/C9H21NOS/c1-3-5-9(10-4-2)8-12-7-6-11/h9-11H,3-8H2,1-2H3. The van der Waals surface area contributed by atoms with E-state index in [-0.39, 0.29) is 0 Å². The fourth-order valence-electron chi connectivity index (χ4n) is 1.17. The van der Waals surface area contributed by atoms with Gasteiger partial charge in [0.05, 0.1) is 6.61 Å². The number of nitrogens with one attached hydrogen (secondary N) is 1. The molecule has 0 bridgehead atoms. The van der Waals surface area contributed by atoms with Gasteiger partial charge in [0.1, 0.15) is 0 Å². The molecule has 0 saturated carbocycles. The first-order valence-electron chi connectivity index (χ1n) is 4.77. The molecule has 0 rings (SSSR count). The van der Waals surface area contributed by atoms with E-state index in [0.29, 0.717) is 12.6 Å². The van der Waals surface area contributed by atoms with Gasteiger partial charge in [-0.1, -0.05) is 20.3 Å². The summed E-state index contributed by atoms with van der Waals surface area (Å²) in [6, 6.07) is 0.636. The maximum absolute atomic E-state index is 8.60. The van der Waals surface area contributed by atoms with Crippen molar-refractivity contribution < 1.29 is 5.11 Å². The summed E-state index contributed by atoms with van der Waals surface area (Å²) >= 11 is 1.83. The first kappa shape index (κ1) is 12.3. The van der Waals surface area contributed by atoms with Gasteiger partial charge in [0.15, 0.2) is 0 Å². The predicted molar refractivity (Wildman–Crippen MR) is 56.8 cm³/mol. The summed E-state index contributed by atoms with van der Waals surface area (Å²) in [6.45, 7) is 5.69. The zero-order valence-corrected chi connectivity index (χ0v) is 8.99. The molecule has 0 saturated heterocycles. The molecular formula is C9H21NOS. The van der Waals surface area contributed by atoms with Crippen molar-refractivity contribution >= 4 is 11.8 Å². The third-order valence-electron chi connectivity index (χ3n) is 1.68. The van der Waals surface area contributed by atoms with E-state index in [1.54, 1.807) is 0 Å². The average molecular weight is 191 g/mol. The van der Waals surface area contributed by atoms with Gasteiger partial charge in [0.2, 0.25) is 0 Å². The lowest BCUT2D eigenvalue weighted by atomic mass is 10.2. The highest BCUT2D eigenvalue weighted by Gasteiger charge is 2.04. The van der Waals surface area contributed by atoms with Gasteiger partial charge in [-0.25, -0.2) is 0 Å². The molecule has 0 aliphatic carbocycles. The van der Waals surface area contributed by atoms with Gasteiger partial charge in [-0.05, 0) is 13.0 Å². The smallest absolute Gasteiger partial charge is 0.0521 e. The highest BCUT2D eigenvalue weighted by molar-refractivity contribution is 7.99. The molecule has 1 atom stereocenters. The van der Waals surface area contributed by atoms with Crippen molar-refractivity contribution in [2.24, 2.45) is 0 Å². The van der Waals surface area contributed by atoms with Crippen LogP contribution < -0.4 is 5.32 Å². The van der Waals surface area contributed by atoms with Crippen molar-refractivity contribution in [2.45, 2.75) is 32.7 Å². The van der Waals surface area contributed by atoms with E-state index >= 15 is 0 Å². The molecule has 3 heteroatoms. The van der Waals surface area contributed by atoms with Gasteiger partial charge in [-0.3, -0.25) is 0 Å². The van der Waals surface area contributed by atoms with Crippen molar-refractivity contribution in [3.8, 4) is 0 Å². The number of hydrogen-bond donors (Lipinski definition) is 2. The van der Waals surface area contributed by atoms with Gasteiger partial charge >= 0.3 is 0 Å². The lowest BCUT2D eigenvalue weighted by Gasteiger charge is -2.15. The van der Waals surface area contributed by atoms with Gasteiger partial charge in [0.25, 0.3) is 0 Å². The Labute approximate surface area is 80.1 Å². The first-order chi connectivity index (χ1) is 5.85. The van der Waals surface area contributed by atoms with Crippen molar-refractivity contribution in [1.82, 2.24) is 5.32 Å². The lowest BCUT2D eigenvalue weighted by molar-refractivity contribution is 0.322. The molecule has 0 aliphatic heterocycles. The third kappa shape index (κ3) is 6.95. The van der Waals surface area contributed by atoms with Gasteiger partial charge in [-0.15, -0.1) is 0 Å². The second-order valence-corrected chi connectivity index (χ2v) is 3.99. The second kappa shape index (κ2) is 9.36. The fourth-order valence-corrected chi connectivity index (χ4v) is 2.04. The minimum absolute atomic E-state index is 0.301. The number of aliphatic hydroxyl groups is 1. The van der Waals surface area contributed by atoms with Crippen molar-refractivity contribution in [1.29, 1.82) is 0 Å². The van der Waals surface area contributed by atoms with Crippen LogP contribution in [0.4, 0.5) is 0 Å². The van der Waals surface area contributed by atoms with Crippen molar-refractivity contribution in [3.05, 3.63) is 0 Å². The topological polar surface area (TPSA) is 32.3 Å². The zero-order valence-electron chi connectivity index (χ0n) is 8.18. The molecule has 0 fully saturated rings. The molecule has 74 valence electrons. The van der Waals surface area contributed by atoms with Crippen LogP contribution in [-0.4, -0.2) is 35.8 Å². The van der Waals surface area contributed by atoms with Crippen LogP contribution in [-0.2, 0) is 0 Å². The Kier molecular flexibility index (Phi) is 9.57. The number of aliphatic hydroxyl groups excluding tert-OH is 1. The Bertz CT molecular complexity index is 84.6. The van der Waals surface area contributed by atoms with Crippen LogP contribution in [0.3, 0.4) is 0 Å². The van der Waals surface area contributed by atoms with Crippen LogP contribution in [0.2, 0.25) is 0 Å². The zero-order chi connectivity index (χ0) is 9.23. The Morgan fingerprint density at radius 2 is 2.17 bits per heavy atom. The minimum Gasteiger partial charge on any atom is -0.396 e. The summed E-state index contributed by atoms with van der Waals surface area (Å²) in [5.74, 6) is 1.99. The van der Waals surface area contributed by atoms with Crippen LogP contribution in [0.5, 0.6) is 0 Å². The largest absolute Gasteiger partial charge is 0.396 e. The molecule has 0 aliphatic rings. The first-order valence-corrected chi connectivity index (χ1v) is 5.92. The molecule has 0 amide bonds. The third-order valence-corrected chi connectivity index (χ3v) is 2.79. The molecule has 0 aromatic heterocycles. The lowest BCUT2D eigenvalue weighted by Crippen LogP contribution is -2.31. The van der Waals surface area contributed by atoms with Gasteiger partial charge in [-0.2, -0.15) is 11.8 Å². The van der Waals surface area contributed by atoms with Crippen LogP contribution in [0.15, 0.2) is 0 Å². The van der Waals surface area contributed by atoms with Gasteiger partial charge in [0, 0.05) is 17.5 Å². The predicted octanol–water partition coefficient (Wildman–Crippen LogP) is 1.49. The quantitative estimate of drug-likeness (QED) is 0.570. The second-order valence-electron chi connectivity index (χ2n) is 2.84. The summed E-state index contributed by atoms with van der Waals surface area (Å²) < 4.78 is 0. The summed E-state index contributed by atoms with van der Waals surface area (Å²) in [5, 5.41) is 12.0. The van der Waals surface area contributed by atoms with E-state index in [1.807, 2.05) is 11.8 Å². The maximum Gasteiger partial charge on any atom is 0.0521 e. The monoisotopic (exact) mass is 191 g/mol. The Hall–Kier alpha value is 0.270. The number of rotatable bonds is 8. The SMILES string of the molecule is CCCC(CSCCO)NCC. The molecule has 0 spiro atoms.